The Morgan fingerprint density at radius 3 is 2.71 bits per heavy atom. The molecule has 2 unspecified atom stereocenters. The van der Waals surface area contributed by atoms with Gasteiger partial charge in [-0.05, 0) is 36.4 Å². The van der Waals surface area contributed by atoms with Gasteiger partial charge in [0.1, 0.15) is 0 Å². The molecule has 0 radical (unpaired) electrons. The van der Waals surface area contributed by atoms with E-state index in [-0.39, 0.29) is 6.04 Å². The van der Waals surface area contributed by atoms with Crippen LogP contribution in [-0.2, 0) is 6.42 Å². The molecule has 1 aliphatic carbocycles. The smallest absolute Gasteiger partial charge is 0.293 e. The summed E-state index contributed by atoms with van der Waals surface area (Å²) in [6.45, 7) is 2.09. The Kier molecular flexibility index (Phi) is 2.96. The number of benzene rings is 1. The summed E-state index contributed by atoms with van der Waals surface area (Å²) in [7, 11) is 1.64. The SMILES string of the molecule is C#CC(O)(O)N(C)C1c2ccccc2CC1C. The number of nitrogens with zero attached hydrogens (tertiary/aromatic N) is 1. The molecule has 0 amide bonds. The van der Waals surface area contributed by atoms with Crippen molar-refractivity contribution in [1.29, 1.82) is 0 Å². The maximum Gasteiger partial charge on any atom is 0.293 e. The average molecular weight is 231 g/mol. The summed E-state index contributed by atoms with van der Waals surface area (Å²) in [5, 5.41) is 19.5. The van der Waals surface area contributed by atoms with Gasteiger partial charge in [0.25, 0.3) is 5.91 Å². The molecule has 3 nitrogen and oxygen atoms in total. The molecule has 1 aromatic rings. The highest BCUT2D eigenvalue weighted by Crippen LogP contribution is 2.40. The first-order valence-electron chi connectivity index (χ1n) is 5.70. The molecule has 2 atom stereocenters. The Morgan fingerprint density at radius 2 is 2.06 bits per heavy atom. The molecule has 1 aliphatic rings. The quantitative estimate of drug-likeness (QED) is 0.592. The number of rotatable bonds is 2. The third kappa shape index (κ3) is 1.96. The Hall–Kier alpha value is -1.34. The third-order valence-electron chi connectivity index (χ3n) is 3.56. The Morgan fingerprint density at radius 1 is 1.41 bits per heavy atom. The number of aliphatic hydroxyl groups is 2. The van der Waals surface area contributed by atoms with E-state index in [2.05, 4.69) is 13.0 Å². The number of hydrogen-bond acceptors (Lipinski definition) is 3. The van der Waals surface area contributed by atoms with Gasteiger partial charge >= 0.3 is 0 Å². The zero-order valence-corrected chi connectivity index (χ0v) is 10.1. The van der Waals surface area contributed by atoms with E-state index in [1.807, 2.05) is 24.1 Å². The first kappa shape index (κ1) is 12.1. The molecule has 2 rings (SSSR count). The van der Waals surface area contributed by atoms with Crippen molar-refractivity contribution >= 4 is 0 Å². The molecule has 0 aromatic heterocycles. The molecule has 2 N–H and O–H groups in total. The standard InChI is InChI=1S/C14H17NO2/c1-4-14(16,17)15(3)13-10(2)9-11-7-5-6-8-12(11)13/h1,5-8,10,13,16-17H,9H2,2-3H3. The fourth-order valence-corrected chi connectivity index (χ4v) is 2.66. The van der Waals surface area contributed by atoms with E-state index >= 15 is 0 Å². The molecule has 0 saturated carbocycles. The Bertz CT molecular complexity index is 462. The van der Waals surface area contributed by atoms with Crippen molar-refractivity contribution in [1.82, 2.24) is 4.90 Å². The summed E-state index contributed by atoms with van der Waals surface area (Å²) in [4.78, 5) is 1.45. The van der Waals surface area contributed by atoms with Crippen LogP contribution in [0.1, 0.15) is 24.1 Å². The van der Waals surface area contributed by atoms with Crippen LogP contribution in [0.5, 0.6) is 0 Å². The van der Waals surface area contributed by atoms with Crippen LogP contribution in [0.15, 0.2) is 24.3 Å². The Balaban J connectivity index is 2.38. The largest absolute Gasteiger partial charge is 0.343 e. The topological polar surface area (TPSA) is 43.7 Å². The lowest BCUT2D eigenvalue weighted by atomic mass is 10.0. The van der Waals surface area contributed by atoms with Crippen LogP contribution in [0.25, 0.3) is 0 Å². The molecule has 0 bridgehead atoms. The summed E-state index contributed by atoms with van der Waals surface area (Å²) in [6.07, 6.45) is 6.08. The number of hydrogen-bond donors (Lipinski definition) is 2. The second kappa shape index (κ2) is 4.15. The molecule has 17 heavy (non-hydrogen) atoms. The van der Waals surface area contributed by atoms with Crippen LogP contribution >= 0.6 is 0 Å². The first-order valence-corrected chi connectivity index (χ1v) is 5.70. The van der Waals surface area contributed by atoms with Gasteiger partial charge in [0.2, 0.25) is 0 Å². The lowest BCUT2D eigenvalue weighted by Gasteiger charge is -2.35. The van der Waals surface area contributed by atoms with Crippen molar-refractivity contribution in [2.45, 2.75) is 25.3 Å². The van der Waals surface area contributed by atoms with Crippen LogP contribution in [0.4, 0.5) is 0 Å². The van der Waals surface area contributed by atoms with Crippen molar-refractivity contribution in [2.24, 2.45) is 5.92 Å². The van der Waals surface area contributed by atoms with Crippen LogP contribution in [-0.4, -0.2) is 28.1 Å². The lowest BCUT2D eigenvalue weighted by Crippen LogP contribution is -2.47. The monoisotopic (exact) mass is 231 g/mol. The van der Waals surface area contributed by atoms with Gasteiger partial charge in [-0.15, -0.1) is 6.42 Å². The van der Waals surface area contributed by atoms with Gasteiger partial charge in [0.15, 0.2) is 0 Å². The molecule has 0 fully saturated rings. The molecule has 0 spiro atoms. The van der Waals surface area contributed by atoms with Crippen molar-refractivity contribution < 1.29 is 10.2 Å². The van der Waals surface area contributed by atoms with Crippen LogP contribution < -0.4 is 0 Å². The minimum absolute atomic E-state index is 0.0581. The highest BCUT2D eigenvalue weighted by Gasteiger charge is 2.40. The van der Waals surface area contributed by atoms with Gasteiger partial charge in [0.05, 0.1) is 0 Å². The molecule has 90 valence electrons. The second-order valence-electron chi connectivity index (χ2n) is 4.72. The zero-order chi connectivity index (χ0) is 12.6. The van der Waals surface area contributed by atoms with E-state index in [1.54, 1.807) is 7.05 Å². The van der Waals surface area contributed by atoms with E-state index in [1.165, 1.54) is 10.5 Å². The molecule has 0 heterocycles. The molecule has 3 heteroatoms. The minimum atomic E-state index is -2.20. The summed E-state index contributed by atoms with van der Waals surface area (Å²) in [5.74, 6) is 0.118. The average Bonchev–Trinajstić information content (AvgIpc) is 2.64. The maximum absolute atomic E-state index is 9.74. The Labute approximate surface area is 102 Å². The summed E-state index contributed by atoms with van der Waals surface area (Å²) in [5.41, 5.74) is 2.38. The molecular formula is C14H17NO2. The zero-order valence-electron chi connectivity index (χ0n) is 10.1. The van der Waals surface area contributed by atoms with Crippen molar-refractivity contribution in [3.63, 3.8) is 0 Å². The van der Waals surface area contributed by atoms with Crippen molar-refractivity contribution in [3.8, 4) is 12.3 Å². The second-order valence-corrected chi connectivity index (χ2v) is 4.72. The van der Waals surface area contributed by atoms with Gasteiger partial charge in [-0.25, -0.2) is 4.90 Å². The van der Waals surface area contributed by atoms with Gasteiger partial charge in [0, 0.05) is 6.04 Å². The van der Waals surface area contributed by atoms with Gasteiger partial charge in [-0.2, -0.15) is 0 Å². The summed E-state index contributed by atoms with van der Waals surface area (Å²) in [6, 6.07) is 8.00. The highest BCUT2D eigenvalue weighted by molar-refractivity contribution is 5.36. The predicted molar refractivity (Wildman–Crippen MR) is 65.8 cm³/mol. The fourth-order valence-electron chi connectivity index (χ4n) is 2.66. The van der Waals surface area contributed by atoms with Crippen molar-refractivity contribution in [2.75, 3.05) is 7.05 Å². The third-order valence-corrected chi connectivity index (χ3v) is 3.56. The van der Waals surface area contributed by atoms with Gasteiger partial charge in [-0.3, -0.25) is 0 Å². The van der Waals surface area contributed by atoms with Gasteiger partial charge < -0.3 is 10.2 Å². The van der Waals surface area contributed by atoms with Gasteiger partial charge in [-0.1, -0.05) is 31.2 Å². The number of fused-ring (bicyclic) bond motifs is 1. The predicted octanol–water partition coefficient (Wildman–Crippen LogP) is 1.12. The van der Waals surface area contributed by atoms with Crippen LogP contribution in [0.3, 0.4) is 0 Å². The highest BCUT2D eigenvalue weighted by atomic mass is 16.5. The lowest BCUT2D eigenvalue weighted by molar-refractivity contribution is -0.227. The fraction of sp³-hybridized carbons (Fsp3) is 0.429. The molecule has 1 aromatic carbocycles. The van der Waals surface area contributed by atoms with Crippen molar-refractivity contribution in [3.05, 3.63) is 35.4 Å². The first-order chi connectivity index (χ1) is 7.97. The minimum Gasteiger partial charge on any atom is -0.343 e. The van der Waals surface area contributed by atoms with Crippen LogP contribution in [0.2, 0.25) is 0 Å². The van der Waals surface area contributed by atoms with E-state index < -0.39 is 5.91 Å². The van der Waals surface area contributed by atoms with E-state index in [4.69, 9.17) is 6.42 Å². The summed E-state index contributed by atoms with van der Waals surface area (Å²) < 4.78 is 0. The maximum atomic E-state index is 9.74. The molecular weight excluding hydrogens is 214 g/mol. The number of terminal acetylenes is 1. The molecule has 0 saturated heterocycles. The van der Waals surface area contributed by atoms with E-state index in [0.29, 0.717) is 5.92 Å². The molecule has 0 aliphatic heterocycles. The van der Waals surface area contributed by atoms with E-state index in [0.717, 1.165) is 12.0 Å². The van der Waals surface area contributed by atoms with Crippen LogP contribution in [0, 0.1) is 18.3 Å². The normalized spacial score (nSPS) is 23.5. The summed E-state index contributed by atoms with van der Waals surface area (Å²) >= 11 is 0. The van der Waals surface area contributed by atoms with E-state index in [9.17, 15) is 10.2 Å².